The normalized spacial score (nSPS) is 14.0. The van der Waals surface area contributed by atoms with E-state index in [1.165, 1.54) is 12.1 Å². The van der Waals surface area contributed by atoms with Crippen LogP contribution in [0.25, 0.3) is 10.8 Å². The fourth-order valence-corrected chi connectivity index (χ4v) is 4.43. The molecule has 3 rings (SSSR count). The van der Waals surface area contributed by atoms with E-state index in [1.807, 2.05) is 0 Å². The van der Waals surface area contributed by atoms with Gasteiger partial charge in [0.25, 0.3) is 11.8 Å². The van der Waals surface area contributed by atoms with Crippen molar-refractivity contribution in [3.8, 4) is 0 Å². The van der Waals surface area contributed by atoms with Crippen molar-refractivity contribution >= 4 is 50.4 Å². The maximum Gasteiger partial charge on any atom is 0.261 e. The van der Waals surface area contributed by atoms with Crippen LogP contribution in [0.4, 0.5) is 5.69 Å². The molecule has 0 bridgehead atoms. The summed E-state index contributed by atoms with van der Waals surface area (Å²) in [4.78, 5) is 26.4. The third kappa shape index (κ3) is 4.13. The standard InChI is InChI=1S/C17H19N3O8S2/c18-4-2-1-3-5-20-16(21)11-7-9(29-28-27-23)6-10-14(11)12(17(20)22)8-13(15(10)19)30(24,25)26/h6-8,23H,1-5,18-19H2,(H,24,25,26)/p-2. The van der Waals surface area contributed by atoms with Crippen LogP contribution < -0.4 is 16.7 Å². The van der Waals surface area contributed by atoms with E-state index in [0.29, 0.717) is 37.8 Å². The molecule has 0 saturated heterocycles. The lowest BCUT2D eigenvalue weighted by atomic mass is 9.93. The van der Waals surface area contributed by atoms with Crippen molar-refractivity contribution in [2.24, 2.45) is 5.73 Å². The Bertz CT molecular complexity index is 1120. The molecule has 11 nitrogen and oxygen atoms in total. The molecule has 4 N–H and O–H groups in total. The average molecular weight is 455 g/mol. The van der Waals surface area contributed by atoms with Gasteiger partial charge in [-0.05, 0) is 37.6 Å². The topological polar surface area (TPSA) is 188 Å². The quantitative estimate of drug-likeness (QED) is 0.100. The molecule has 0 fully saturated rings. The van der Waals surface area contributed by atoms with Gasteiger partial charge in [0, 0.05) is 27.8 Å². The minimum atomic E-state index is -5.01. The number of carbonyl (C=O) groups is 2. The third-order valence-corrected chi connectivity index (χ3v) is 6.10. The monoisotopic (exact) mass is 455 g/mol. The smallest absolute Gasteiger partial charge is 0.261 e. The van der Waals surface area contributed by atoms with Crippen LogP contribution in [-0.4, -0.2) is 42.8 Å². The maximum atomic E-state index is 13.0. The van der Waals surface area contributed by atoms with Gasteiger partial charge in [-0.1, -0.05) is 6.42 Å². The minimum absolute atomic E-state index is 0.000839. The average Bonchev–Trinajstić information content (AvgIpc) is 2.69. The van der Waals surface area contributed by atoms with Gasteiger partial charge in [0.05, 0.1) is 28.2 Å². The molecule has 162 valence electrons. The second-order valence-electron chi connectivity index (χ2n) is 6.51. The summed E-state index contributed by atoms with van der Waals surface area (Å²) in [5.74, 6) is -1.34. The maximum absolute atomic E-state index is 13.0. The first-order valence-electron chi connectivity index (χ1n) is 8.76. The molecule has 0 radical (unpaired) electrons. The van der Waals surface area contributed by atoms with Gasteiger partial charge < -0.3 is 21.3 Å². The highest BCUT2D eigenvalue weighted by molar-refractivity contribution is 7.94. The van der Waals surface area contributed by atoms with Gasteiger partial charge >= 0.3 is 0 Å². The van der Waals surface area contributed by atoms with Gasteiger partial charge in [-0.25, -0.2) is 8.42 Å². The molecule has 0 saturated carbocycles. The second kappa shape index (κ2) is 8.85. The van der Waals surface area contributed by atoms with E-state index in [0.717, 1.165) is 11.0 Å². The Morgan fingerprint density at radius 2 is 1.73 bits per heavy atom. The fourth-order valence-electron chi connectivity index (χ4n) is 3.35. The summed E-state index contributed by atoms with van der Waals surface area (Å²) in [6.07, 6.45) is 1.89. The highest BCUT2D eigenvalue weighted by Crippen LogP contribution is 2.40. The third-order valence-electron chi connectivity index (χ3n) is 4.68. The zero-order chi connectivity index (χ0) is 22.1. The number of benzene rings is 2. The van der Waals surface area contributed by atoms with Gasteiger partial charge in [0.15, 0.2) is 0 Å². The number of nitrogen functional groups attached to an aromatic ring is 1. The van der Waals surface area contributed by atoms with Crippen LogP contribution in [0.1, 0.15) is 40.0 Å². The molecular weight excluding hydrogens is 438 g/mol. The first-order chi connectivity index (χ1) is 14.2. The van der Waals surface area contributed by atoms with Crippen LogP contribution in [0, 0.1) is 0 Å². The lowest BCUT2D eigenvalue weighted by Crippen LogP contribution is -2.41. The molecule has 0 aliphatic carbocycles. The summed E-state index contributed by atoms with van der Waals surface area (Å²) in [5, 5.41) is 13.6. The summed E-state index contributed by atoms with van der Waals surface area (Å²) in [5.41, 5.74) is 10.9. The largest absolute Gasteiger partial charge is 0.744 e. The van der Waals surface area contributed by atoms with E-state index in [2.05, 4.69) is 9.37 Å². The molecule has 2 amide bonds. The van der Waals surface area contributed by atoms with E-state index in [-0.39, 0.29) is 33.3 Å². The van der Waals surface area contributed by atoms with Gasteiger partial charge in [-0.3, -0.25) is 19.5 Å². The first kappa shape index (κ1) is 22.4. The van der Waals surface area contributed by atoms with E-state index in [9.17, 15) is 27.8 Å². The number of hydrogen-bond donors (Lipinski definition) is 2. The van der Waals surface area contributed by atoms with Gasteiger partial charge in [0.1, 0.15) is 10.1 Å². The Labute approximate surface area is 175 Å². The lowest BCUT2D eigenvalue weighted by molar-refractivity contribution is -0.777. The Balaban J connectivity index is 2.21. The van der Waals surface area contributed by atoms with Crippen molar-refractivity contribution in [3.63, 3.8) is 0 Å². The molecule has 0 unspecified atom stereocenters. The Hall–Kier alpha value is -2.26. The molecule has 0 aromatic heterocycles. The van der Waals surface area contributed by atoms with Crippen LogP contribution in [0.15, 0.2) is 28.0 Å². The van der Waals surface area contributed by atoms with Crippen LogP contribution in [0.2, 0.25) is 0 Å². The molecule has 2 aromatic rings. The zero-order valence-corrected chi connectivity index (χ0v) is 17.1. The van der Waals surface area contributed by atoms with Gasteiger partial charge in [-0.2, -0.15) is 4.33 Å². The van der Waals surface area contributed by atoms with Crippen molar-refractivity contribution < 1.29 is 37.2 Å². The van der Waals surface area contributed by atoms with Crippen molar-refractivity contribution in [1.29, 1.82) is 0 Å². The summed E-state index contributed by atoms with van der Waals surface area (Å²) < 4.78 is 39.3. The number of nitrogens with zero attached hydrogens (tertiary/aromatic N) is 1. The molecule has 2 aromatic carbocycles. The lowest BCUT2D eigenvalue weighted by Gasteiger charge is -2.29. The van der Waals surface area contributed by atoms with E-state index >= 15 is 0 Å². The van der Waals surface area contributed by atoms with Crippen molar-refractivity contribution in [1.82, 2.24) is 4.90 Å². The van der Waals surface area contributed by atoms with Crippen LogP contribution in [-0.2, 0) is 19.5 Å². The summed E-state index contributed by atoms with van der Waals surface area (Å²) >= 11 is 0.458. The van der Waals surface area contributed by atoms with Gasteiger partial charge in [0.2, 0.25) is 0 Å². The number of unbranched alkanes of at least 4 members (excludes halogenated alkanes) is 2. The number of hydrogen-bond acceptors (Lipinski definition) is 11. The molecule has 13 heteroatoms. The van der Waals surface area contributed by atoms with Crippen LogP contribution in [0.5, 0.6) is 0 Å². The number of rotatable bonds is 9. The second-order valence-corrected chi connectivity index (χ2v) is 8.64. The minimum Gasteiger partial charge on any atom is -0.744 e. The Kier molecular flexibility index (Phi) is 6.62. The summed E-state index contributed by atoms with van der Waals surface area (Å²) in [6, 6.07) is 3.56. The van der Waals surface area contributed by atoms with Crippen LogP contribution >= 0.6 is 12.0 Å². The molecule has 1 aliphatic rings. The molecule has 0 spiro atoms. The zero-order valence-electron chi connectivity index (χ0n) is 15.5. The predicted octanol–water partition coefficient (Wildman–Crippen LogP) is 0.282. The van der Waals surface area contributed by atoms with Crippen molar-refractivity contribution in [2.45, 2.75) is 29.1 Å². The van der Waals surface area contributed by atoms with Crippen molar-refractivity contribution in [2.75, 3.05) is 18.8 Å². The molecular formula is C17H17N3O8S2-2. The predicted molar refractivity (Wildman–Crippen MR) is 103 cm³/mol. The molecule has 1 aliphatic heterocycles. The van der Waals surface area contributed by atoms with E-state index in [1.54, 1.807) is 0 Å². The van der Waals surface area contributed by atoms with E-state index in [4.69, 9.17) is 11.5 Å². The SMILES string of the molecule is NCCCCCN1C(=O)c2cc(SOO[O-])cc3c(N)c(S(=O)(=O)[O-])cc(c23)C1=O. The molecule has 30 heavy (non-hydrogen) atoms. The van der Waals surface area contributed by atoms with Gasteiger partial charge in [-0.15, -0.1) is 0 Å². The number of carbonyl (C=O) groups excluding carboxylic acids is 2. The highest BCUT2D eigenvalue weighted by atomic mass is 32.2. The number of amides is 2. The number of nitrogens with two attached hydrogens (primary N) is 2. The van der Waals surface area contributed by atoms with Crippen molar-refractivity contribution in [3.05, 3.63) is 29.3 Å². The van der Waals surface area contributed by atoms with Crippen LogP contribution in [0.3, 0.4) is 0 Å². The number of imide groups is 1. The first-order valence-corrected chi connectivity index (χ1v) is 10.9. The fraction of sp³-hybridized carbons (Fsp3) is 0.294. The summed E-state index contributed by atoms with van der Waals surface area (Å²) in [7, 11) is -5.01. The van der Waals surface area contributed by atoms with E-state index < -0.39 is 32.5 Å². The molecule has 0 atom stereocenters. The molecule has 1 heterocycles. The highest BCUT2D eigenvalue weighted by Gasteiger charge is 2.35. The number of anilines is 1. The Morgan fingerprint density at radius 3 is 2.33 bits per heavy atom. The summed E-state index contributed by atoms with van der Waals surface area (Å²) in [6.45, 7) is 0.552. The Morgan fingerprint density at radius 1 is 1.07 bits per heavy atom.